The molecule has 0 unspecified atom stereocenters. The summed E-state index contributed by atoms with van der Waals surface area (Å²) < 4.78 is 1.79. The molecule has 0 aliphatic carbocycles. The van der Waals surface area contributed by atoms with E-state index in [-0.39, 0.29) is 0 Å². The Morgan fingerprint density at radius 3 is 3.09 bits per heavy atom. The van der Waals surface area contributed by atoms with Crippen LogP contribution in [0.3, 0.4) is 0 Å². The maximum atomic E-state index is 5.74. The maximum Gasteiger partial charge on any atom is 0.198 e. The molecule has 0 aliphatic heterocycles. The summed E-state index contributed by atoms with van der Waals surface area (Å²) in [6.07, 6.45) is 3.29. The molecule has 0 aliphatic rings. The van der Waals surface area contributed by atoms with Gasteiger partial charge in [0.1, 0.15) is 6.33 Å². The van der Waals surface area contributed by atoms with Gasteiger partial charge in [0.2, 0.25) is 0 Å². The van der Waals surface area contributed by atoms with Crippen LogP contribution in [0.2, 0.25) is 5.15 Å². The summed E-state index contributed by atoms with van der Waals surface area (Å²) in [5.41, 5.74) is 1.57. The lowest BCUT2D eigenvalue weighted by atomic mass is 10.5. The van der Waals surface area contributed by atoms with Crippen molar-refractivity contribution in [2.24, 2.45) is 0 Å². The Labute approximate surface area is 67.8 Å². The number of rotatable bonds is 0. The largest absolute Gasteiger partial charge is 0.282 e. The lowest BCUT2D eigenvalue weighted by Crippen LogP contribution is -1.91. The highest BCUT2D eigenvalue weighted by atomic mass is 35.5. The van der Waals surface area contributed by atoms with Gasteiger partial charge < -0.3 is 0 Å². The normalized spacial score (nSPS) is 10.7. The summed E-state index contributed by atoms with van der Waals surface area (Å²) in [4.78, 5) is 3.92. The van der Waals surface area contributed by atoms with Gasteiger partial charge in [0, 0.05) is 11.9 Å². The van der Waals surface area contributed by atoms with Crippen molar-refractivity contribution < 1.29 is 0 Å². The fourth-order valence-electron chi connectivity index (χ4n) is 0.904. The Hall–Kier alpha value is -1.16. The average molecular weight is 169 g/mol. The zero-order valence-electron chi connectivity index (χ0n) is 5.82. The van der Waals surface area contributed by atoms with Gasteiger partial charge in [0.25, 0.3) is 0 Å². The smallest absolute Gasteiger partial charge is 0.198 e. The van der Waals surface area contributed by atoms with Gasteiger partial charge in [0.15, 0.2) is 10.8 Å². The molecule has 2 rings (SSSR count). The van der Waals surface area contributed by atoms with Crippen LogP contribution in [0.15, 0.2) is 12.5 Å². The quantitative estimate of drug-likeness (QED) is 0.592. The molecule has 0 amide bonds. The third kappa shape index (κ3) is 0.867. The molecule has 5 heteroatoms. The summed E-state index contributed by atoms with van der Waals surface area (Å²) in [6, 6.07) is 0. The van der Waals surface area contributed by atoms with Crippen LogP contribution in [0.4, 0.5) is 0 Å². The molecular weight excluding hydrogens is 164 g/mol. The lowest BCUT2D eigenvalue weighted by Gasteiger charge is -1.96. The molecule has 4 nitrogen and oxygen atoms in total. The molecule has 0 saturated heterocycles. The molecule has 0 bridgehead atoms. The lowest BCUT2D eigenvalue weighted by molar-refractivity contribution is 1.04. The van der Waals surface area contributed by atoms with E-state index in [0.717, 1.165) is 5.69 Å². The average Bonchev–Trinajstić information content (AvgIpc) is 2.45. The van der Waals surface area contributed by atoms with Crippen molar-refractivity contribution >= 4 is 17.2 Å². The molecule has 0 aromatic carbocycles. The van der Waals surface area contributed by atoms with Gasteiger partial charge in [-0.3, -0.25) is 4.40 Å². The van der Waals surface area contributed by atoms with Crippen molar-refractivity contribution in [3.63, 3.8) is 0 Å². The minimum Gasteiger partial charge on any atom is -0.282 e. The molecule has 2 aromatic rings. The minimum absolute atomic E-state index is 0.383. The van der Waals surface area contributed by atoms with E-state index in [4.69, 9.17) is 11.6 Å². The van der Waals surface area contributed by atoms with Crippen LogP contribution in [0.5, 0.6) is 0 Å². The summed E-state index contributed by atoms with van der Waals surface area (Å²) in [5.74, 6) is 0. The number of aromatic nitrogens is 4. The van der Waals surface area contributed by atoms with Crippen molar-refractivity contribution in [3.05, 3.63) is 23.4 Å². The van der Waals surface area contributed by atoms with Gasteiger partial charge >= 0.3 is 0 Å². The second-order valence-corrected chi connectivity index (χ2v) is 2.57. The first-order valence-electron chi connectivity index (χ1n) is 3.10. The highest BCUT2D eigenvalue weighted by Gasteiger charge is 2.02. The molecular formula is C6H5ClN4. The van der Waals surface area contributed by atoms with Crippen molar-refractivity contribution in [2.45, 2.75) is 6.92 Å². The molecule has 0 atom stereocenters. The molecule has 0 radical (unpaired) electrons. The zero-order chi connectivity index (χ0) is 7.84. The van der Waals surface area contributed by atoms with E-state index in [1.165, 1.54) is 0 Å². The molecule has 2 heterocycles. The van der Waals surface area contributed by atoms with E-state index < -0.39 is 0 Å². The van der Waals surface area contributed by atoms with Crippen LogP contribution in [0.25, 0.3) is 5.65 Å². The van der Waals surface area contributed by atoms with Crippen LogP contribution in [-0.4, -0.2) is 19.6 Å². The summed E-state index contributed by atoms with van der Waals surface area (Å²) in [5, 5.41) is 7.89. The highest BCUT2D eigenvalue weighted by Crippen LogP contribution is 2.11. The fraction of sp³-hybridized carbons (Fsp3) is 0.167. The standard InChI is InChI=1S/C6H5ClN4/c1-4-2-8-5(7)6-10-9-3-11(4)6/h2-3H,1H3. The van der Waals surface area contributed by atoms with E-state index in [1.807, 2.05) is 6.92 Å². The number of nitrogens with zero attached hydrogens (tertiary/aromatic N) is 4. The van der Waals surface area contributed by atoms with E-state index in [9.17, 15) is 0 Å². The van der Waals surface area contributed by atoms with E-state index in [1.54, 1.807) is 16.9 Å². The second kappa shape index (κ2) is 2.17. The molecule has 0 spiro atoms. The van der Waals surface area contributed by atoms with Crippen molar-refractivity contribution in [2.75, 3.05) is 0 Å². The van der Waals surface area contributed by atoms with Gasteiger partial charge in [-0.1, -0.05) is 11.6 Å². The number of hydrogen-bond donors (Lipinski definition) is 0. The number of aryl methyl sites for hydroxylation is 1. The summed E-state index contributed by atoms with van der Waals surface area (Å²) >= 11 is 5.74. The fourth-order valence-corrected chi connectivity index (χ4v) is 1.08. The molecule has 56 valence electrons. The highest BCUT2D eigenvalue weighted by molar-refractivity contribution is 6.32. The first-order chi connectivity index (χ1) is 5.29. The van der Waals surface area contributed by atoms with Crippen LogP contribution in [0.1, 0.15) is 5.69 Å². The number of fused-ring (bicyclic) bond motifs is 1. The van der Waals surface area contributed by atoms with Crippen LogP contribution < -0.4 is 0 Å². The SMILES string of the molecule is Cc1cnc(Cl)c2nncn12. The van der Waals surface area contributed by atoms with Gasteiger partial charge in [0.05, 0.1) is 0 Å². The second-order valence-electron chi connectivity index (χ2n) is 2.21. The van der Waals surface area contributed by atoms with Crippen molar-refractivity contribution in [1.82, 2.24) is 19.6 Å². The Morgan fingerprint density at radius 2 is 2.36 bits per heavy atom. The zero-order valence-corrected chi connectivity index (χ0v) is 6.58. The third-order valence-electron chi connectivity index (χ3n) is 1.48. The monoisotopic (exact) mass is 168 g/mol. The molecule has 2 aromatic heterocycles. The first-order valence-corrected chi connectivity index (χ1v) is 3.47. The Morgan fingerprint density at radius 1 is 1.55 bits per heavy atom. The third-order valence-corrected chi connectivity index (χ3v) is 1.74. The predicted octanol–water partition coefficient (Wildman–Crippen LogP) is 1.09. The molecule has 0 saturated carbocycles. The molecule has 0 N–H and O–H groups in total. The number of hydrogen-bond acceptors (Lipinski definition) is 3. The van der Waals surface area contributed by atoms with Gasteiger partial charge in [-0.15, -0.1) is 10.2 Å². The van der Waals surface area contributed by atoms with Gasteiger partial charge in [-0.25, -0.2) is 4.98 Å². The summed E-state index contributed by atoms with van der Waals surface area (Å²) in [7, 11) is 0. The number of halogens is 1. The van der Waals surface area contributed by atoms with Crippen molar-refractivity contribution in [1.29, 1.82) is 0 Å². The van der Waals surface area contributed by atoms with Gasteiger partial charge in [-0.05, 0) is 6.92 Å². The van der Waals surface area contributed by atoms with Crippen LogP contribution in [-0.2, 0) is 0 Å². The van der Waals surface area contributed by atoms with Crippen LogP contribution >= 0.6 is 11.6 Å². The topological polar surface area (TPSA) is 43.1 Å². The summed E-state index contributed by atoms with van der Waals surface area (Å²) in [6.45, 7) is 1.92. The molecule has 0 fully saturated rings. The molecule has 11 heavy (non-hydrogen) atoms. The Balaban J connectivity index is 2.96. The predicted molar refractivity (Wildman–Crippen MR) is 40.5 cm³/mol. The Kier molecular flexibility index (Phi) is 1.29. The van der Waals surface area contributed by atoms with E-state index in [0.29, 0.717) is 10.8 Å². The van der Waals surface area contributed by atoms with Crippen molar-refractivity contribution in [3.8, 4) is 0 Å². The van der Waals surface area contributed by atoms with E-state index >= 15 is 0 Å². The minimum atomic E-state index is 0.383. The van der Waals surface area contributed by atoms with E-state index in [2.05, 4.69) is 15.2 Å². The Bertz CT molecular complexity index is 358. The first kappa shape index (κ1) is 6.54. The van der Waals surface area contributed by atoms with Gasteiger partial charge in [-0.2, -0.15) is 0 Å². The van der Waals surface area contributed by atoms with Crippen LogP contribution in [0, 0.1) is 6.92 Å². The maximum absolute atomic E-state index is 5.74.